The van der Waals surface area contributed by atoms with Gasteiger partial charge in [0.2, 0.25) is 11.1 Å². The van der Waals surface area contributed by atoms with E-state index in [-0.39, 0.29) is 11.7 Å². The third kappa shape index (κ3) is 4.31. The fraction of sp³-hybridized carbons (Fsp3) is 0.667. The molecule has 9 heteroatoms. The molecule has 0 atom stereocenters. The van der Waals surface area contributed by atoms with Gasteiger partial charge >= 0.3 is 0 Å². The van der Waals surface area contributed by atoms with Gasteiger partial charge in [-0.15, -0.1) is 5.10 Å². The number of hydrogen-bond acceptors (Lipinski definition) is 7. The summed E-state index contributed by atoms with van der Waals surface area (Å²) in [6.45, 7) is 1.39. The summed E-state index contributed by atoms with van der Waals surface area (Å²) in [5.74, 6) is 0.185. The Hall–Kier alpha value is -1.66. The van der Waals surface area contributed by atoms with Gasteiger partial charge in [-0.25, -0.2) is 4.68 Å². The van der Waals surface area contributed by atoms with Gasteiger partial charge in [0.15, 0.2) is 0 Å². The molecule has 0 unspecified atom stereocenters. The molecule has 1 amide bonds. The molecule has 98 valence electrons. The summed E-state index contributed by atoms with van der Waals surface area (Å²) in [6.07, 6.45) is 0.331. The largest absolute Gasteiger partial charge is 0.344 e. The first-order chi connectivity index (χ1) is 8.69. The first-order valence-corrected chi connectivity index (χ1v) is 6.37. The minimum atomic E-state index is -0.0578. The number of amides is 1. The maximum atomic E-state index is 11.7. The molecule has 0 spiro atoms. The van der Waals surface area contributed by atoms with Crippen molar-refractivity contribution in [2.75, 3.05) is 25.9 Å². The number of carbonyl (C=O) groups excluding carboxylic acids is 1. The summed E-state index contributed by atoms with van der Waals surface area (Å²) < 4.78 is 1.56. The molecule has 0 aliphatic rings. The second-order valence-corrected chi connectivity index (χ2v) is 4.43. The minimum Gasteiger partial charge on any atom is -0.344 e. The number of nitriles is 1. The standard InChI is InChI=1S/C9H15N7OS/c1-15(5-2-3-10)8(17)7-18-9-12-13-14-16(9)6-4-11/h2,4-7,11H2,1H3. The van der Waals surface area contributed by atoms with E-state index in [0.29, 0.717) is 31.2 Å². The summed E-state index contributed by atoms with van der Waals surface area (Å²) in [5.41, 5.74) is 5.42. The van der Waals surface area contributed by atoms with Crippen LogP contribution in [0.3, 0.4) is 0 Å². The summed E-state index contributed by atoms with van der Waals surface area (Å²) >= 11 is 1.26. The normalized spacial score (nSPS) is 10.1. The van der Waals surface area contributed by atoms with Crippen LogP contribution < -0.4 is 5.73 Å². The second-order valence-electron chi connectivity index (χ2n) is 3.49. The van der Waals surface area contributed by atoms with Crippen LogP contribution in [0.5, 0.6) is 0 Å². The molecule has 0 fully saturated rings. The quantitative estimate of drug-likeness (QED) is 0.638. The van der Waals surface area contributed by atoms with Crippen molar-refractivity contribution in [2.24, 2.45) is 5.73 Å². The van der Waals surface area contributed by atoms with Crippen molar-refractivity contribution in [3.05, 3.63) is 0 Å². The lowest BCUT2D eigenvalue weighted by Crippen LogP contribution is -2.29. The van der Waals surface area contributed by atoms with Crippen LogP contribution >= 0.6 is 11.8 Å². The average Bonchev–Trinajstić information content (AvgIpc) is 2.81. The Morgan fingerprint density at radius 1 is 1.67 bits per heavy atom. The van der Waals surface area contributed by atoms with Crippen molar-refractivity contribution < 1.29 is 4.79 Å². The zero-order chi connectivity index (χ0) is 13.4. The number of rotatable bonds is 7. The van der Waals surface area contributed by atoms with Crippen molar-refractivity contribution >= 4 is 17.7 Å². The molecule has 1 aromatic heterocycles. The molecule has 0 bridgehead atoms. The van der Waals surface area contributed by atoms with Gasteiger partial charge in [0.05, 0.1) is 24.8 Å². The van der Waals surface area contributed by atoms with Gasteiger partial charge in [0.1, 0.15) is 0 Å². The van der Waals surface area contributed by atoms with Gasteiger partial charge in [-0.3, -0.25) is 4.79 Å². The van der Waals surface area contributed by atoms with E-state index in [4.69, 9.17) is 11.0 Å². The SMILES string of the molecule is CN(CCC#N)C(=O)CSc1nnnn1CCN. The van der Waals surface area contributed by atoms with Gasteiger partial charge < -0.3 is 10.6 Å². The van der Waals surface area contributed by atoms with E-state index in [0.717, 1.165) is 0 Å². The Morgan fingerprint density at radius 3 is 3.11 bits per heavy atom. The van der Waals surface area contributed by atoms with Crippen molar-refractivity contribution in [2.45, 2.75) is 18.1 Å². The van der Waals surface area contributed by atoms with E-state index in [9.17, 15) is 4.79 Å². The number of carbonyl (C=O) groups is 1. The number of tetrazole rings is 1. The highest BCUT2D eigenvalue weighted by Gasteiger charge is 2.12. The lowest BCUT2D eigenvalue weighted by Gasteiger charge is -2.14. The van der Waals surface area contributed by atoms with E-state index < -0.39 is 0 Å². The van der Waals surface area contributed by atoms with Crippen LogP contribution in [-0.4, -0.2) is 56.9 Å². The smallest absolute Gasteiger partial charge is 0.232 e. The van der Waals surface area contributed by atoms with Crippen LogP contribution in [0.15, 0.2) is 5.16 Å². The zero-order valence-electron chi connectivity index (χ0n) is 10.1. The van der Waals surface area contributed by atoms with E-state index in [1.165, 1.54) is 16.7 Å². The lowest BCUT2D eigenvalue weighted by molar-refractivity contribution is -0.127. The van der Waals surface area contributed by atoms with Crippen LogP contribution in [0.2, 0.25) is 0 Å². The molecule has 1 heterocycles. The van der Waals surface area contributed by atoms with Crippen LogP contribution in [0, 0.1) is 11.3 Å². The molecule has 8 nitrogen and oxygen atoms in total. The summed E-state index contributed by atoms with van der Waals surface area (Å²) in [4.78, 5) is 13.2. The first-order valence-electron chi connectivity index (χ1n) is 5.39. The lowest BCUT2D eigenvalue weighted by atomic mass is 10.4. The van der Waals surface area contributed by atoms with E-state index in [1.807, 2.05) is 6.07 Å². The summed E-state index contributed by atoms with van der Waals surface area (Å²) in [5, 5.41) is 20.1. The molecular formula is C9H15N7OS. The van der Waals surface area contributed by atoms with E-state index >= 15 is 0 Å². The van der Waals surface area contributed by atoms with Gasteiger partial charge in [-0.2, -0.15) is 5.26 Å². The highest BCUT2D eigenvalue weighted by molar-refractivity contribution is 7.99. The number of aromatic nitrogens is 4. The highest BCUT2D eigenvalue weighted by Crippen LogP contribution is 2.13. The summed E-state index contributed by atoms with van der Waals surface area (Å²) in [7, 11) is 1.67. The molecule has 1 rings (SSSR count). The minimum absolute atomic E-state index is 0.0578. The fourth-order valence-corrected chi connectivity index (χ4v) is 1.99. The third-order valence-corrected chi connectivity index (χ3v) is 3.09. The Bertz CT molecular complexity index is 427. The van der Waals surface area contributed by atoms with Crippen molar-refractivity contribution in [3.63, 3.8) is 0 Å². The number of hydrogen-bond donors (Lipinski definition) is 1. The molecule has 1 aromatic rings. The molecule has 0 aromatic carbocycles. The Balaban J connectivity index is 2.42. The second kappa shape index (κ2) is 7.62. The van der Waals surface area contributed by atoms with Crippen LogP contribution in [0.4, 0.5) is 0 Å². The number of nitrogens with zero attached hydrogens (tertiary/aromatic N) is 6. The van der Waals surface area contributed by atoms with Crippen LogP contribution in [-0.2, 0) is 11.3 Å². The maximum Gasteiger partial charge on any atom is 0.232 e. The number of nitrogens with two attached hydrogens (primary N) is 1. The molecule has 0 radical (unpaired) electrons. The Labute approximate surface area is 109 Å². The van der Waals surface area contributed by atoms with E-state index in [1.54, 1.807) is 11.7 Å². The molecule has 0 saturated heterocycles. The Kier molecular flexibility index (Phi) is 6.10. The average molecular weight is 269 g/mol. The number of thioether (sulfide) groups is 1. The monoisotopic (exact) mass is 269 g/mol. The molecule has 0 aliphatic carbocycles. The van der Waals surface area contributed by atoms with E-state index in [2.05, 4.69) is 15.5 Å². The van der Waals surface area contributed by atoms with Crippen LogP contribution in [0.1, 0.15) is 6.42 Å². The first kappa shape index (κ1) is 14.4. The Morgan fingerprint density at radius 2 is 2.44 bits per heavy atom. The van der Waals surface area contributed by atoms with Crippen molar-refractivity contribution in [1.82, 2.24) is 25.1 Å². The molecule has 2 N–H and O–H groups in total. The van der Waals surface area contributed by atoms with Crippen LogP contribution in [0.25, 0.3) is 0 Å². The summed E-state index contributed by atoms with van der Waals surface area (Å²) in [6, 6.07) is 2.00. The van der Waals surface area contributed by atoms with Gasteiger partial charge in [0, 0.05) is 20.1 Å². The molecule has 0 saturated carbocycles. The fourth-order valence-electron chi connectivity index (χ4n) is 1.14. The third-order valence-electron chi connectivity index (χ3n) is 2.15. The van der Waals surface area contributed by atoms with Crippen molar-refractivity contribution in [3.8, 4) is 6.07 Å². The van der Waals surface area contributed by atoms with Crippen molar-refractivity contribution in [1.29, 1.82) is 5.26 Å². The predicted molar refractivity (Wildman–Crippen MR) is 65.5 cm³/mol. The topological polar surface area (TPSA) is 114 Å². The molecular weight excluding hydrogens is 254 g/mol. The zero-order valence-corrected chi connectivity index (χ0v) is 10.9. The van der Waals surface area contributed by atoms with Gasteiger partial charge in [-0.05, 0) is 10.4 Å². The van der Waals surface area contributed by atoms with Gasteiger partial charge in [-0.1, -0.05) is 11.8 Å². The van der Waals surface area contributed by atoms with Gasteiger partial charge in [0.25, 0.3) is 0 Å². The predicted octanol–water partition coefficient (Wildman–Crippen LogP) is -0.904. The maximum absolute atomic E-state index is 11.7. The molecule has 18 heavy (non-hydrogen) atoms. The molecule has 0 aliphatic heterocycles. The highest BCUT2D eigenvalue weighted by atomic mass is 32.2.